The lowest BCUT2D eigenvalue weighted by molar-refractivity contribution is 0.458. The molecule has 0 spiro atoms. The van der Waals surface area contributed by atoms with Crippen LogP contribution >= 0.6 is 15.9 Å². The minimum atomic E-state index is -0.524. The summed E-state index contributed by atoms with van der Waals surface area (Å²) in [6, 6.07) is 14.1. The summed E-state index contributed by atoms with van der Waals surface area (Å²) < 4.78 is 19.5. The van der Waals surface area contributed by atoms with Crippen molar-refractivity contribution >= 4 is 38.7 Å². The summed E-state index contributed by atoms with van der Waals surface area (Å²) in [6.45, 7) is 3.31. The highest BCUT2D eigenvalue weighted by molar-refractivity contribution is 9.10. The van der Waals surface area contributed by atoms with Crippen molar-refractivity contribution in [1.82, 2.24) is 18.7 Å². The molecule has 1 unspecified atom stereocenters. The summed E-state index contributed by atoms with van der Waals surface area (Å²) in [5.74, 6) is 0.420. The van der Waals surface area contributed by atoms with Crippen LogP contribution in [0.5, 0.6) is 0 Å². The molecule has 2 aromatic carbocycles. The fraction of sp³-hybridized carbons (Fsp3) is 0.261. The first kappa shape index (κ1) is 20.7. The Labute approximate surface area is 191 Å². The van der Waals surface area contributed by atoms with Gasteiger partial charge in [-0.05, 0) is 36.2 Å². The van der Waals surface area contributed by atoms with Gasteiger partial charge in [-0.25, -0.2) is 9.18 Å². The number of halogens is 2. The SMILES string of the molecule is CC1CN(c2ccc(Br)cc2)c2nc3c(c(=O)n(Cc4ccccc4F)c(=O)n3C)n2C1. The highest BCUT2D eigenvalue weighted by Gasteiger charge is 2.30. The topological polar surface area (TPSA) is 65.1 Å². The molecule has 5 rings (SSSR count). The number of hydrogen-bond acceptors (Lipinski definition) is 4. The molecular weight excluding hydrogens is 477 g/mol. The molecule has 3 heterocycles. The number of hydrogen-bond donors (Lipinski definition) is 0. The maximum Gasteiger partial charge on any atom is 0.332 e. The van der Waals surface area contributed by atoms with Gasteiger partial charge in [0.2, 0.25) is 5.95 Å². The third-order valence-electron chi connectivity index (χ3n) is 5.87. The van der Waals surface area contributed by atoms with Gasteiger partial charge in [0.1, 0.15) is 5.82 Å². The van der Waals surface area contributed by atoms with E-state index in [1.807, 2.05) is 28.8 Å². The Balaban J connectivity index is 1.73. The van der Waals surface area contributed by atoms with E-state index in [9.17, 15) is 14.0 Å². The average Bonchev–Trinajstić information content (AvgIpc) is 3.16. The van der Waals surface area contributed by atoms with E-state index in [2.05, 4.69) is 27.8 Å². The number of aryl methyl sites for hydroxylation is 1. The first-order chi connectivity index (χ1) is 15.3. The zero-order valence-corrected chi connectivity index (χ0v) is 19.2. The van der Waals surface area contributed by atoms with Crippen LogP contribution in [0.25, 0.3) is 11.2 Å². The Morgan fingerprint density at radius 2 is 1.81 bits per heavy atom. The van der Waals surface area contributed by atoms with Gasteiger partial charge in [0, 0.05) is 35.9 Å². The molecule has 2 aromatic heterocycles. The third kappa shape index (κ3) is 3.28. The summed E-state index contributed by atoms with van der Waals surface area (Å²) >= 11 is 3.46. The van der Waals surface area contributed by atoms with E-state index in [0.29, 0.717) is 23.7 Å². The van der Waals surface area contributed by atoms with Crippen LogP contribution in [0.2, 0.25) is 0 Å². The van der Waals surface area contributed by atoms with E-state index in [1.54, 1.807) is 25.2 Å². The number of benzene rings is 2. The average molecular weight is 498 g/mol. The molecule has 0 saturated carbocycles. The second-order valence-electron chi connectivity index (χ2n) is 8.21. The molecule has 0 radical (unpaired) electrons. The molecule has 0 fully saturated rings. The fourth-order valence-corrected chi connectivity index (χ4v) is 4.54. The largest absolute Gasteiger partial charge is 0.332 e. The Kier molecular flexibility index (Phi) is 5.00. The molecule has 32 heavy (non-hydrogen) atoms. The predicted octanol–water partition coefficient (Wildman–Crippen LogP) is 3.63. The number of aromatic nitrogens is 4. The van der Waals surface area contributed by atoms with E-state index in [-0.39, 0.29) is 18.0 Å². The number of fused-ring (bicyclic) bond motifs is 3. The molecule has 4 aromatic rings. The molecule has 0 aliphatic carbocycles. The Morgan fingerprint density at radius 1 is 1.09 bits per heavy atom. The summed E-state index contributed by atoms with van der Waals surface area (Å²) in [7, 11) is 1.59. The molecule has 0 N–H and O–H groups in total. The summed E-state index contributed by atoms with van der Waals surface area (Å²) in [5.41, 5.74) is 0.935. The van der Waals surface area contributed by atoms with Gasteiger partial charge in [-0.1, -0.05) is 41.1 Å². The molecule has 1 aliphatic heterocycles. The highest BCUT2D eigenvalue weighted by Crippen LogP contribution is 2.33. The lowest BCUT2D eigenvalue weighted by Crippen LogP contribution is -2.40. The zero-order chi connectivity index (χ0) is 22.6. The summed E-state index contributed by atoms with van der Waals surface area (Å²) in [6.07, 6.45) is 0. The Hall–Kier alpha value is -3.20. The fourth-order valence-electron chi connectivity index (χ4n) is 4.28. The normalized spacial score (nSPS) is 15.9. The van der Waals surface area contributed by atoms with Crippen molar-refractivity contribution in [1.29, 1.82) is 0 Å². The van der Waals surface area contributed by atoms with Gasteiger partial charge in [0.05, 0.1) is 6.54 Å². The molecule has 7 nitrogen and oxygen atoms in total. The Bertz CT molecular complexity index is 1450. The first-order valence-electron chi connectivity index (χ1n) is 10.3. The van der Waals surface area contributed by atoms with E-state index in [0.717, 1.165) is 21.3 Å². The molecule has 1 atom stereocenters. The monoisotopic (exact) mass is 497 g/mol. The highest BCUT2D eigenvalue weighted by atomic mass is 79.9. The van der Waals surface area contributed by atoms with Crippen LogP contribution in [0.3, 0.4) is 0 Å². The first-order valence-corrected chi connectivity index (χ1v) is 11.1. The quantitative estimate of drug-likeness (QED) is 0.433. The standard InChI is InChI=1S/C23H21BrFN5O2/c1-14-11-28(17-9-7-16(24)8-10-17)22-26-20-19(29(22)12-14)21(31)30(23(32)27(20)2)13-15-5-3-4-6-18(15)25/h3-10,14H,11-13H2,1-2H3. The minimum Gasteiger partial charge on any atom is -0.312 e. The molecule has 1 aliphatic rings. The van der Waals surface area contributed by atoms with E-state index < -0.39 is 17.1 Å². The summed E-state index contributed by atoms with van der Waals surface area (Å²) in [5, 5.41) is 0. The van der Waals surface area contributed by atoms with Gasteiger partial charge in [-0.2, -0.15) is 4.98 Å². The van der Waals surface area contributed by atoms with Crippen molar-refractivity contribution in [3.8, 4) is 0 Å². The maximum atomic E-state index is 14.2. The molecule has 0 bridgehead atoms. The van der Waals surface area contributed by atoms with Crippen LogP contribution in [0.1, 0.15) is 12.5 Å². The van der Waals surface area contributed by atoms with Crippen LogP contribution in [-0.2, 0) is 20.1 Å². The maximum absolute atomic E-state index is 14.2. The van der Waals surface area contributed by atoms with E-state index in [4.69, 9.17) is 4.98 Å². The molecule has 9 heteroatoms. The van der Waals surface area contributed by atoms with Crippen molar-refractivity contribution in [2.24, 2.45) is 13.0 Å². The van der Waals surface area contributed by atoms with Gasteiger partial charge < -0.3 is 9.47 Å². The zero-order valence-electron chi connectivity index (χ0n) is 17.6. The number of rotatable bonds is 3. The lowest BCUT2D eigenvalue weighted by atomic mass is 10.1. The van der Waals surface area contributed by atoms with Crippen LogP contribution in [0, 0.1) is 11.7 Å². The minimum absolute atomic E-state index is 0.138. The van der Waals surface area contributed by atoms with Crippen molar-refractivity contribution in [2.45, 2.75) is 20.0 Å². The number of nitrogens with zero attached hydrogens (tertiary/aromatic N) is 5. The van der Waals surface area contributed by atoms with Crippen LogP contribution in [0.4, 0.5) is 16.0 Å². The van der Waals surface area contributed by atoms with E-state index in [1.165, 1.54) is 10.6 Å². The van der Waals surface area contributed by atoms with Gasteiger partial charge >= 0.3 is 5.69 Å². The smallest absolute Gasteiger partial charge is 0.312 e. The van der Waals surface area contributed by atoms with Gasteiger partial charge in [-0.3, -0.25) is 13.9 Å². The van der Waals surface area contributed by atoms with Crippen LogP contribution in [0.15, 0.2) is 62.6 Å². The van der Waals surface area contributed by atoms with Gasteiger partial charge in [0.15, 0.2) is 11.2 Å². The van der Waals surface area contributed by atoms with E-state index >= 15 is 0 Å². The van der Waals surface area contributed by atoms with Crippen molar-refractivity contribution in [3.63, 3.8) is 0 Å². The molecule has 164 valence electrons. The van der Waals surface area contributed by atoms with Crippen LogP contribution in [-0.4, -0.2) is 25.2 Å². The van der Waals surface area contributed by atoms with Crippen molar-refractivity contribution < 1.29 is 4.39 Å². The Morgan fingerprint density at radius 3 is 2.53 bits per heavy atom. The lowest BCUT2D eigenvalue weighted by Gasteiger charge is -2.33. The molecule has 0 saturated heterocycles. The van der Waals surface area contributed by atoms with Gasteiger partial charge in [0.25, 0.3) is 5.56 Å². The second-order valence-corrected chi connectivity index (χ2v) is 9.13. The second kappa shape index (κ2) is 7.74. The van der Waals surface area contributed by atoms with Crippen molar-refractivity contribution in [2.75, 3.05) is 11.4 Å². The summed E-state index contributed by atoms with van der Waals surface area (Å²) in [4.78, 5) is 33.3. The number of anilines is 2. The third-order valence-corrected chi connectivity index (χ3v) is 6.40. The predicted molar refractivity (Wildman–Crippen MR) is 125 cm³/mol. The van der Waals surface area contributed by atoms with Gasteiger partial charge in [-0.15, -0.1) is 0 Å². The number of imidazole rings is 1. The van der Waals surface area contributed by atoms with Crippen LogP contribution < -0.4 is 16.1 Å². The van der Waals surface area contributed by atoms with Crippen molar-refractivity contribution in [3.05, 3.63) is 85.2 Å². The molecule has 0 amide bonds. The molecular formula is C23H21BrFN5O2.